The zero-order valence-corrected chi connectivity index (χ0v) is 15.9. The first-order valence-electron chi connectivity index (χ1n) is 8.63. The Morgan fingerprint density at radius 3 is 3.07 bits per heavy atom. The lowest BCUT2D eigenvalue weighted by molar-refractivity contribution is -0.137. The second kappa shape index (κ2) is 9.68. The molecule has 0 unspecified atom stereocenters. The summed E-state index contributed by atoms with van der Waals surface area (Å²) in [5.74, 6) is 0.376. The average molecular weight is 383 g/mol. The van der Waals surface area contributed by atoms with Crippen LogP contribution >= 0.6 is 11.3 Å². The molecule has 2 aromatic heterocycles. The first kappa shape index (κ1) is 18.8. The molecule has 0 radical (unpaired) electrons. The maximum absolute atomic E-state index is 11.8. The van der Waals surface area contributed by atoms with Crippen molar-refractivity contribution in [3.8, 4) is 5.75 Å². The highest BCUT2D eigenvalue weighted by molar-refractivity contribution is 7.09. The molecule has 0 saturated heterocycles. The van der Waals surface area contributed by atoms with Crippen molar-refractivity contribution in [3.63, 3.8) is 0 Å². The largest absolute Gasteiger partial charge is 0.487 e. The van der Waals surface area contributed by atoms with E-state index in [4.69, 9.17) is 9.47 Å². The minimum absolute atomic E-state index is 0.357. The highest BCUT2D eigenvalue weighted by Gasteiger charge is 2.01. The van der Waals surface area contributed by atoms with E-state index in [-0.39, 0.29) is 5.97 Å². The summed E-state index contributed by atoms with van der Waals surface area (Å²) in [6.07, 6.45) is 9.25. The molecule has 3 aromatic rings. The summed E-state index contributed by atoms with van der Waals surface area (Å²) in [7, 11) is 0. The van der Waals surface area contributed by atoms with E-state index in [1.54, 1.807) is 29.9 Å². The molecule has 0 fully saturated rings. The number of hydrogen-bond acceptors (Lipinski definition) is 6. The first-order valence-corrected chi connectivity index (χ1v) is 9.51. The summed E-state index contributed by atoms with van der Waals surface area (Å²) in [5.41, 5.74) is 1.79. The fourth-order valence-electron chi connectivity index (χ4n) is 2.39. The van der Waals surface area contributed by atoms with Gasteiger partial charge in [-0.1, -0.05) is 12.1 Å². The van der Waals surface area contributed by atoms with Gasteiger partial charge in [-0.05, 0) is 37.1 Å². The summed E-state index contributed by atoms with van der Waals surface area (Å²) >= 11 is 1.60. The van der Waals surface area contributed by atoms with Crippen LogP contribution in [-0.2, 0) is 22.7 Å². The molecule has 0 aliphatic carbocycles. The third-order valence-electron chi connectivity index (χ3n) is 3.69. The Kier molecular flexibility index (Phi) is 6.76. The molecular formula is C20H21N3O3S. The van der Waals surface area contributed by atoms with Gasteiger partial charge in [-0.3, -0.25) is 0 Å². The van der Waals surface area contributed by atoms with E-state index in [9.17, 15) is 4.79 Å². The van der Waals surface area contributed by atoms with Gasteiger partial charge in [0.25, 0.3) is 0 Å². The van der Waals surface area contributed by atoms with E-state index in [1.165, 1.54) is 6.08 Å². The van der Waals surface area contributed by atoms with E-state index in [0.717, 1.165) is 35.0 Å². The number of hydrogen-bond donors (Lipinski definition) is 0. The van der Waals surface area contributed by atoms with Gasteiger partial charge in [0, 0.05) is 30.4 Å². The number of benzene rings is 1. The first-order chi connectivity index (χ1) is 13.2. The molecule has 7 heteroatoms. The number of thiazole rings is 1. The lowest BCUT2D eigenvalue weighted by atomic mass is 10.2. The number of aromatic nitrogens is 3. The average Bonchev–Trinajstić information content (AvgIpc) is 3.34. The van der Waals surface area contributed by atoms with Crippen molar-refractivity contribution < 1.29 is 14.3 Å². The second-order valence-corrected chi connectivity index (χ2v) is 6.94. The number of carbonyl (C=O) groups excluding carboxylic acids is 1. The molecule has 0 aliphatic rings. The molecule has 0 N–H and O–H groups in total. The van der Waals surface area contributed by atoms with Crippen molar-refractivity contribution in [1.29, 1.82) is 0 Å². The number of ether oxygens (including phenoxy) is 2. The van der Waals surface area contributed by atoms with Crippen LogP contribution in [0.1, 0.15) is 22.7 Å². The van der Waals surface area contributed by atoms with E-state index in [2.05, 4.69) is 9.97 Å². The molecular weight excluding hydrogens is 362 g/mol. The Bertz CT molecular complexity index is 888. The fraction of sp³-hybridized carbons (Fsp3) is 0.250. The molecule has 0 saturated carbocycles. The van der Waals surface area contributed by atoms with Crippen LogP contribution in [0.25, 0.3) is 6.08 Å². The van der Waals surface area contributed by atoms with Crippen LogP contribution in [0.4, 0.5) is 0 Å². The van der Waals surface area contributed by atoms with Gasteiger partial charge in [-0.2, -0.15) is 0 Å². The Hall–Kier alpha value is -2.93. The van der Waals surface area contributed by atoms with Crippen LogP contribution in [0.15, 0.2) is 54.4 Å². The molecule has 0 aliphatic heterocycles. The summed E-state index contributed by atoms with van der Waals surface area (Å²) in [5, 5.41) is 3.01. The minimum Gasteiger partial charge on any atom is -0.487 e. The van der Waals surface area contributed by atoms with Crippen molar-refractivity contribution >= 4 is 23.4 Å². The van der Waals surface area contributed by atoms with Crippen LogP contribution in [0.3, 0.4) is 0 Å². The Morgan fingerprint density at radius 1 is 1.37 bits per heavy atom. The lowest BCUT2D eigenvalue weighted by Gasteiger charge is -2.05. The van der Waals surface area contributed by atoms with Crippen LogP contribution in [0.2, 0.25) is 0 Å². The number of carbonyl (C=O) groups is 1. The molecule has 0 spiro atoms. The maximum atomic E-state index is 11.8. The van der Waals surface area contributed by atoms with Crippen LogP contribution in [0, 0.1) is 6.92 Å². The van der Waals surface area contributed by atoms with Crippen molar-refractivity contribution in [2.45, 2.75) is 26.5 Å². The predicted octanol–water partition coefficient (Wildman–Crippen LogP) is 3.87. The van der Waals surface area contributed by atoms with E-state index >= 15 is 0 Å². The van der Waals surface area contributed by atoms with Gasteiger partial charge in [0.1, 0.15) is 12.4 Å². The predicted molar refractivity (Wildman–Crippen MR) is 104 cm³/mol. The number of imidazole rings is 1. The van der Waals surface area contributed by atoms with Crippen molar-refractivity contribution in [1.82, 2.24) is 14.5 Å². The van der Waals surface area contributed by atoms with Gasteiger partial charge >= 0.3 is 5.97 Å². The molecule has 1 aromatic carbocycles. The van der Waals surface area contributed by atoms with Crippen LogP contribution < -0.4 is 4.74 Å². The second-order valence-electron chi connectivity index (χ2n) is 5.87. The molecule has 3 rings (SSSR count). The standard InChI is InChI=1S/C20H21N3O3S/c1-16-22-18(14-27-16)13-26-19-5-2-4-17(12-19)6-7-20(24)25-11-3-9-23-10-8-21-15-23/h2,4-8,10,12,14-15H,3,9,11,13H2,1H3/b7-6+. The number of rotatable bonds is 9. The smallest absolute Gasteiger partial charge is 0.330 e. The van der Waals surface area contributed by atoms with Gasteiger partial charge in [0.15, 0.2) is 0 Å². The fourth-order valence-corrected chi connectivity index (χ4v) is 2.99. The van der Waals surface area contributed by atoms with Crippen LogP contribution in [0.5, 0.6) is 5.75 Å². The number of aryl methyl sites for hydroxylation is 2. The summed E-state index contributed by atoms with van der Waals surface area (Å²) in [4.78, 5) is 20.2. The molecule has 0 atom stereocenters. The molecule has 6 nitrogen and oxygen atoms in total. The lowest BCUT2D eigenvalue weighted by Crippen LogP contribution is -2.05. The normalized spacial score (nSPS) is 11.0. The third kappa shape index (κ3) is 6.38. The van der Waals surface area contributed by atoms with E-state index in [1.807, 2.05) is 47.3 Å². The zero-order chi connectivity index (χ0) is 18.9. The number of esters is 1. The van der Waals surface area contributed by atoms with Crippen molar-refractivity contribution in [2.75, 3.05) is 6.61 Å². The van der Waals surface area contributed by atoms with Gasteiger partial charge in [-0.15, -0.1) is 11.3 Å². The summed E-state index contributed by atoms with van der Waals surface area (Å²) < 4.78 is 12.9. The molecule has 0 amide bonds. The Balaban J connectivity index is 1.42. The highest BCUT2D eigenvalue weighted by Crippen LogP contribution is 2.17. The summed E-state index contributed by atoms with van der Waals surface area (Å²) in [6, 6.07) is 7.55. The van der Waals surface area contributed by atoms with E-state index in [0.29, 0.717) is 13.2 Å². The Labute approximate surface area is 162 Å². The zero-order valence-electron chi connectivity index (χ0n) is 15.1. The highest BCUT2D eigenvalue weighted by atomic mass is 32.1. The van der Waals surface area contributed by atoms with Gasteiger partial charge in [0.05, 0.1) is 23.6 Å². The molecule has 27 heavy (non-hydrogen) atoms. The SMILES string of the molecule is Cc1nc(COc2cccc(/C=C/C(=O)OCCCn3ccnc3)c2)cs1. The summed E-state index contributed by atoms with van der Waals surface area (Å²) in [6.45, 7) is 3.54. The quantitative estimate of drug-likeness (QED) is 0.319. The number of nitrogens with zero attached hydrogens (tertiary/aromatic N) is 3. The van der Waals surface area contributed by atoms with Gasteiger partial charge in [0.2, 0.25) is 0 Å². The van der Waals surface area contributed by atoms with E-state index < -0.39 is 0 Å². The van der Waals surface area contributed by atoms with Gasteiger partial charge < -0.3 is 14.0 Å². The molecule has 0 bridgehead atoms. The topological polar surface area (TPSA) is 66.2 Å². The van der Waals surface area contributed by atoms with Crippen molar-refractivity contribution in [2.24, 2.45) is 0 Å². The monoisotopic (exact) mass is 383 g/mol. The Morgan fingerprint density at radius 2 is 2.30 bits per heavy atom. The maximum Gasteiger partial charge on any atom is 0.330 e. The van der Waals surface area contributed by atoms with Crippen LogP contribution in [-0.4, -0.2) is 27.1 Å². The molecule has 140 valence electrons. The minimum atomic E-state index is -0.357. The molecule has 2 heterocycles. The third-order valence-corrected chi connectivity index (χ3v) is 4.51. The van der Waals surface area contributed by atoms with Gasteiger partial charge in [-0.25, -0.2) is 14.8 Å². The van der Waals surface area contributed by atoms with Crippen molar-refractivity contribution in [3.05, 3.63) is 70.7 Å².